The molecular weight excluding hydrogens is 228 g/mol. The molecular formula is C11H16O4S. The highest BCUT2D eigenvalue weighted by Gasteiger charge is 2.27. The van der Waals surface area contributed by atoms with Gasteiger partial charge in [0, 0.05) is 5.41 Å². The average Bonchev–Trinajstić information content (AvgIpc) is 2.14. The Morgan fingerprint density at radius 2 is 2.00 bits per heavy atom. The number of methoxy groups -OCH3 is 1. The maximum atomic E-state index is 10.9. The summed E-state index contributed by atoms with van der Waals surface area (Å²) in [6.45, 7) is 3.52. The summed E-state index contributed by atoms with van der Waals surface area (Å²) in [5.74, 6) is 0.355. The van der Waals surface area contributed by atoms with Gasteiger partial charge in [0.05, 0.1) is 12.9 Å². The number of ether oxygens (including phenoxy) is 1. The molecule has 1 aromatic rings. The van der Waals surface area contributed by atoms with E-state index in [0.717, 1.165) is 5.56 Å². The predicted molar refractivity (Wildman–Crippen MR) is 62.4 cm³/mol. The highest BCUT2D eigenvalue weighted by molar-refractivity contribution is 7.85. The highest BCUT2D eigenvalue weighted by atomic mass is 32.2. The smallest absolute Gasteiger partial charge is 0.265 e. The molecule has 0 radical (unpaired) electrons. The van der Waals surface area contributed by atoms with Gasteiger partial charge in [0.25, 0.3) is 10.1 Å². The molecule has 1 rings (SSSR count). The molecule has 4 nitrogen and oxygen atoms in total. The van der Waals surface area contributed by atoms with Crippen LogP contribution in [0, 0.1) is 0 Å². The lowest BCUT2D eigenvalue weighted by Gasteiger charge is -2.23. The second-order valence-corrected chi connectivity index (χ2v) is 5.79. The van der Waals surface area contributed by atoms with Crippen LogP contribution in [0.4, 0.5) is 0 Å². The molecule has 90 valence electrons. The normalized spacial score (nSPS) is 12.5. The van der Waals surface area contributed by atoms with E-state index in [9.17, 15) is 8.42 Å². The highest BCUT2D eigenvalue weighted by Crippen LogP contribution is 2.27. The van der Waals surface area contributed by atoms with Crippen molar-refractivity contribution in [3.05, 3.63) is 29.8 Å². The Labute approximate surface area is 96.0 Å². The molecule has 0 unspecified atom stereocenters. The number of rotatable bonds is 4. The minimum Gasteiger partial charge on any atom is -0.497 e. The Hall–Kier alpha value is -1.07. The van der Waals surface area contributed by atoms with Crippen molar-refractivity contribution in [3.63, 3.8) is 0 Å². The van der Waals surface area contributed by atoms with E-state index < -0.39 is 15.5 Å². The summed E-state index contributed by atoms with van der Waals surface area (Å²) < 4.78 is 35.7. The van der Waals surface area contributed by atoms with Gasteiger partial charge in [0.2, 0.25) is 0 Å². The summed E-state index contributed by atoms with van der Waals surface area (Å²) in [5.41, 5.74) is 0.159. The third-order valence-corrected chi connectivity index (χ3v) is 3.48. The van der Waals surface area contributed by atoms with E-state index in [-0.39, 0.29) is 5.75 Å². The molecule has 0 aliphatic heterocycles. The van der Waals surface area contributed by atoms with E-state index in [1.165, 1.54) is 0 Å². The first-order valence-electron chi connectivity index (χ1n) is 4.84. The fourth-order valence-electron chi connectivity index (χ4n) is 1.58. The first-order valence-corrected chi connectivity index (χ1v) is 6.45. The molecule has 16 heavy (non-hydrogen) atoms. The largest absolute Gasteiger partial charge is 0.497 e. The van der Waals surface area contributed by atoms with Crippen LogP contribution < -0.4 is 4.74 Å². The SMILES string of the molecule is COc1cccc(C(C)(C)CS(=O)(=O)O)c1. The molecule has 1 aromatic carbocycles. The number of hydrogen-bond donors (Lipinski definition) is 1. The lowest BCUT2D eigenvalue weighted by molar-refractivity contribution is 0.412. The molecule has 0 aliphatic rings. The van der Waals surface area contributed by atoms with E-state index in [1.807, 2.05) is 6.07 Å². The molecule has 0 fully saturated rings. The topological polar surface area (TPSA) is 63.6 Å². The van der Waals surface area contributed by atoms with Crippen LogP contribution >= 0.6 is 0 Å². The van der Waals surface area contributed by atoms with Crippen molar-refractivity contribution in [2.45, 2.75) is 19.3 Å². The predicted octanol–water partition coefficient (Wildman–Crippen LogP) is 1.86. The minimum atomic E-state index is -3.99. The van der Waals surface area contributed by atoms with Crippen LogP contribution in [0.25, 0.3) is 0 Å². The summed E-state index contributed by atoms with van der Waals surface area (Å²) in [7, 11) is -2.44. The Kier molecular flexibility index (Phi) is 3.60. The second kappa shape index (κ2) is 4.43. The van der Waals surface area contributed by atoms with Crippen molar-refractivity contribution in [1.29, 1.82) is 0 Å². The van der Waals surface area contributed by atoms with Crippen molar-refractivity contribution in [1.82, 2.24) is 0 Å². The zero-order valence-corrected chi connectivity index (χ0v) is 10.4. The zero-order valence-electron chi connectivity index (χ0n) is 9.60. The van der Waals surface area contributed by atoms with Crippen molar-refractivity contribution in [2.75, 3.05) is 12.9 Å². The van der Waals surface area contributed by atoms with E-state index in [0.29, 0.717) is 5.75 Å². The van der Waals surface area contributed by atoms with E-state index >= 15 is 0 Å². The monoisotopic (exact) mass is 244 g/mol. The molecule has 0 amide bonds. The van der Waals surface area contributed by atoms with Gasteiger partial charge in [-0.2, -0.15) is 8.42 Å². The Balaban J connectivity index is 3.06. The van der Waals surface area contributed by atoms with Gasteiger partial charge in [-0.25, -0.2) is 0 Å². The molecule has 0 aromatic heterocycles. The molecule has 0 spiro atoms. The van der Waals surface area contributed by atoms with Crippen molar-refractivity contribution < 1.29 is 17.7 Å². The average molecular weight is 244 g/mol. The van der Waals surface area contributed by atoms with Crippen LogP contribution in [0.2, 0.25) is 0 Å². The minimum absolute atomic E-state index is 0.312. The summed E-state index contributed by atoms with van der Waals surface area (Å²) >= 11 is 0. The lowest BCUT2D eigenvalue weighted by atomic mass is 9.87. The van der Waals surface area contributed by atoms with Crippen LogP contribution in [-0.4, -0.2) is 25.8 Å². The third kappa shape index (κ3) is 3.50. The van der Waals surface area contributed by atoms with Gasteiger partial charge in [-0.1, -0.05) is 26.0 Å². The molecule has 0 aliphatic carbocycles. The number of benzene rings is 1. The summed E-state index contributed by atoms with van der Waals surface area (Å²) in [4.78, 5) is 0. The summed E-state index contributed by atoms with van der Waals surface area (Å²) in [6.07, 6.45) is 0. The second-order valence-electron chi connectivity index (χ2n) is 4.34. The van der Waals surface area contributed by atoms with Gasteiger partial charge >= 0.3 is 0 Å². The van der Waals surface area contributed by atoms with Crippen LogP contribution in [0.15, 0.2) is 24.3 Å². The standard InChI is InChI=1S/C11H16O4S/c1-11(2,8-16(12,13)14)9-5-4-6-10(7-9)15-3/h4-7H,8H2,1-3H3,(H,12,13,14). The van der Waals surface area contributed by atoms with Gasteiger partial charge in [0.1, 0.15) is 5.75 Å². The van der Waals surface area contributed by atoms with E-state index in [4.69, 9.17) is 9.29 Å². The lowest BCUT2D eigenvalue weighted by Crippen LogP contribution is -2.27. The van der Waals surface area contributed by atoms with Crippen molar-refractivity contribution >= 4 is 10.1 Å². The maximum Gasteiger partial charge on any atom is 0.265 e. The van der Waals surface area contributed by atoms with Crippen LogP contribution in [0.5, 0.6) is 5.75 Å². The van der Waals surface area contributed by atoms with Gasteiger partial charge in [0.15, 0.2) is 0 Å². The fraction of sp³-hybridized carbons (Fsp3) is 0.455. The molecule has 0 saturated carbocycles. The van der Waals surface area contributed by atoms with Gasteiger partial charge in [-0.3, -0.25) is 4.55 Å². The molecule has 0 saturated heterocycles. The quantitative estimate of drug-likeness (QED) is 0.821. The van der Waals surface area contributed by atoms with E-state index in [2.05, 4.69) is 0 Å². The molecule has 5 heteroatoms. The third-order valence-electron chi connectivity index (χ3n) is 2.39. The van der Waals surface area contributed by atoms with Gasteiger partial charge in [-0.15, -0.1) is 0 Å². The Morgan fingerprint density at radius 1 is 1.38 bits per heavy atom. The Bertz CT molecular complexity index is 463. The van der Waals surface area contributed by atoms with Gasteiger partial charge in [-0.05, 0) is 17.7 Å². The maximum absolute atomic E-state index is 10.9. The van der Waals surface area contributed by atoms with Crippen LogP contribution in [0.3, 0.4) is 0 Å². The number of hydrogen-bond acceptors (Lipinski definition) is 3. The molecule has 0 bridgehead atoms. The molecule has 0 heterocycles. The Morgan fingerprint density at radius 3 is 2.50 bits per heavy atom. The van der Waals surface area contributed by atoms with Crippen molar-refractivity contribution in [3.8, 4) is 5.75 Å². The van der Waals surface area contributed by atoms with Crippen LogP contribution in [0.1, 0.15) is 19.4 Å². The fourth-order valence-corrected chi connectivity index (χ4v) is 2.66. The molecule has 0 atom stereocenters. The van der Waals surface area contributed by atoms with Gasteiger partial charge < -0.3 is 4.74 Å². The summed E-state index contributed by atoms with van der Waals surface area (Å²) in [5, 5.41) is 0. The summed E-state index contributed by atoms with van der Waals surface area (Å²) in [6, 6.07) is 7.16. The first kappa shape index (κ1) is 13.0. The molecule has 1 N–H and O–H groups in total. The van der Waals surface area contributed by atoms with Crippen LogP contribution in [-0.2, 0) is 15.5 Å². The van der Waals surface area contributed by atoms with E-state index in [1.54, 1.807) is 39.2 Å². The first-order chi connectivity index (χ1) is 7.24. The van der Waals surface area contributed by atoms with Crippen molar-refractivity contribution in [2.24, 2.45) is 0 Å². The zero-order chi connectivity index (χ0) is 12.4.